The minimum Gasteiger partial charge on any atom is -0.372 e. The van der Waals surface area contributed by atoms with Gasteiger partial charge in [-0.1, -0.05) is 24.3 Å². The second kappa shape index (κ2) is 6.00. The van der Waals surface area contributed by atoms with E-state index in [0.29, 0.717) is 0 Å². The van der Waals surface area contributed by atoms with Crippen molar-refractivity contribution in [3.05, 3.63) is 36.0 Å². The zero-order chi connectivity index (χ0) is 14.8. The molecule has 1 fully saturated rings. The third kappa shape index (κ3) is 3.01. The van der Waals surface area contributed by atoms with E-state index in [9.17, 15) is 0 Å². The second-order valence-electron chi connectivity index (χ2n) is 5.85. The maximum absolute atomic E-state index is 5.85. The Bertz CT molecular complexity index is 618. The Hall–Kier alpha value is -1.65. The van der Waals surface area contributed by atoms with Gasteiger partial charge in [0.05, 0.1) is 17.9 Å². The van der Waals surface area contributed by atoms with Crippen molar-refractivity contribution in [2.24, 2.45) is 0 Å². The monoisotopic (exact) mass is 285 g/mol. The van der Waals surface area contributed by atoms with Crippen LogP contribution in [0.1, 0.15) is 19.5 Å². The molecule has 4 heteroatoms. The van der Waals surface area contributed by atoms with E-state index in [1.54, 1.807) is 0 Å². The highest BCUT2D eigenvalue weighted by Gasteiger charge is 2.24. The Morgan fingerprint density at radius 2 is 1.95 bits per heavy atom. The van der Waals surface area contributed by atoms with Crippen LogP contribution in [0.25, 0.3) is 10.8 Å². The van der Waals surface area contributed by atoms with Crippen LogP contribution in [-0.2, 0) is 11.3 Å². The number of hydrogen-bond acceptors (Lipinski definition) is 4. The van der Waals surface area contributed by atoms with Gasteiger partial charge in [-0.2, -0.15) is 0 Å². The van der Waals surface area contributed by atoms with E-state index >= 15 is 0 Å². The average Bonchev–Trinajstić information content (AvgIpc) is 2.46. The van der Waals surface area contributed by atoms with E-state index in [-0.39, 0.29) is 12.2 Å². The molecular formula is C17H23N3O. The summed E-state index contributed by atoms with van der Waals surface area (Å²) >= 11 is 0. The summed E-state index contributed by atoms with van der Waals surface area (Å²) in [6, 6.07) is 10.7. The first-order valence-corrected chi connectivity index (χ1v) is 7.61. The van der Waals surface area contributed by atoms with Crippen LogP contribution in [-0.4, -0.2) is 37.3 Å². The fourth-order valence-corrected chi connectivity index (χ4v) is 3.10. The zero-order valence-corrected chi connectivity index (χ0v) is 13.0. The lowest BCUT2D eigenvalue weighted by Gasteiger charge is -2.36. The number of benzene rings is 1. The van der Waals surface area contributed by atoms with Crippen LogP contribution in [0, 0.1) is 0 Å². The topological polar surface area (TPSA) is 37.4 Å². The van der Waals surface area contributed by atoms with E-state index in [1.165, 1.54) is 10.8 Å². The zero-order valence-electron chi connectivity index (χ0n) is 13.0. The van der Waals surface area contributed by atoms with Crippen molar-refractivity contribution in [2.45, 2.75) is 32.6 Å². The molecule has 1 aliphatic rings. The lowest BCUT2D eigenvalue weighted by molar-refractivity contribution is -0.00537. The first-order chi connectivity index (χ1) is 10.2. The van der Waals surface area contributed by atoms with Crippen molar-refractivity contribution in [1.29, 1.82) is 0 Å². The SMILES string of the molecule is CNCc1cc2ccccc2c(N2C[C@@H](C)O[C@@H](C)C2)n1. The summed E-state index contributed by atoms with van der Waals surface area (Å²) in [5.41, 5.74) is 1.08. The van der Waals surface area contributed by atoms with Crippen molar-refractivity contribution in [2.75, 3.05) is 25.0 Å². The molecule has 1 saturated heterocycles. The van der Waals surface area contributed by atoms with Crippen molar-refractivity contribution >= 4 is 16.6 Å². The fraction of sp³-hybridized carbons (Fsp3) is 0.471. The third-order valence-corrected chi connectivity index (χ3v) is 3.85. The number of aromatic nitrogens is 1. The molecule has 4 nitrogen and oxygen atoms in total. The number of rotatable bonds is 3. The number of ether oxygens (including phenoxy) is 1. The standard InChI is InChI=1S/C17H23N3O/c1-12-10-20(11-13(2)21-12)17-16-7-5-4-6-14(16)8-15(19-17)9-18-3/h4-8,12-13,18H,9-11H2,1-3H3/t12-,13+. The Kier molecular flexibility index (Phi) is 4.08. The Morgan fingerprint density at radius 1 is 1.24 bits per heavy atom. The van der Waals surface area contributed by atoms with E-state index < -0.39 is 0 Å². The molecule has 1 N–H and O–H groups in total. The maximum Gasteiger partial charge on any atom is 0.136 e. The van der Waals surface area contributed by atoms with Crippen LogP contribution >= 0.6 is 0 Å². The minimum absolute atomic E-state index is 0.238. The van der Waals surface area contributed by atoms with E-state index in [4.69, 9.17) is 9.72 Å². The van der Waals surface area contributed by atoms with Gasteiger partial charge in [-0.05, 0) is 32.3 Å². The quantitative estimate of drug-likeness (QED) is 0.940. The summed E-state index contributed by atoms with van der Waals surface area (Å²) in [6.07, 6.45) is 0.476. The van der Waals surface area contributed by atoms with Crippen molar-refractivity contribution in [3.8, 4) is 0 Å². The van der Waals surface area contributed by atoms with Gasteiger partial charge < -0.3 is 15.0 Å². The Labute approximate surface area is 126 Å². The van der Waals surface area contributed by atoms with E-state index in [0.717, 1.165) is 31.1 Å². The number of morpholine rings is 1. The lowest BCUT2D eigenvalue weighted by atomic mass is 10.1. The first-order valence-electron chi connectivity index (χ1n) is 7.61. The summed E-state index contributed by atoms with van der Waals surface area (Å²) in [5.74, 6) is 1.08. The molecule has 0 saturated carbocycles. The molecule has 2 atom stereocenters. The molecule has 1 aromatic heterocycles. The van der Waals surface area contributed by atoms with Gasteiger partial charge in [-0.15, -0.1) is 0 Å². The minimum atomic E-state index is 0.238. The highest BCUT2D eigenvalue weighted by molar-refractivity contribution is 5.92. The summed E-state index contributed by atoms with van der Waals surface area (Å²) in [5, 5.41) is 5.66. The number of pyridine rings is 1. The molecule has 21 heavy (non-hydrogen) atoms. The molecular weight excluding hydrogens is 262 g/mol. The molecule has 1 aromatic carbocycles. The van der Waals surface area contributed by atoms with Crippen LogP contribution < -0.4 is 10.2 Å². The van der Waals surface area contributed by atoms with Crippen LogP contribution in [0.3, 0.4) is 0 Å². The highest BCUT2D eigenvalue weighted by atomic mass is 16.5. The molecule has 0 radical (unpaired) electrons. The molecule has 0 aliphatic carbocycles. The van der Waals surface area contributed by atoms with E-state index in [1.807, 2.05) is 7.05 Å². The first kappa shape index (κ1) is 14.3. The van der Waals surface area contributed by atoms with Crippen molar-refractivity contribution < 1.29 is 4.74 Å². The highest BCUT2D eigenvalue weighted by Crippen LogP contribution is 2.28. The van der Waals surface area contributed by atoms with Gasteiger partial charge in [0, 0.05) is 25.0 Å². The van der Waals surface area contributed by atoms with Gasteiger partial charge in [0.2, 0.25) is 0 Å². The average molecular weight is 285 g/mol. The Balaban J connectivity index is 2.06. The van der Waals surface area contributed by atoms with Gasteiger partial charge in [-0.25, -0.2) is 4.98 Å². The largest absolute Gasteiger partial charge is 0.372 e. The molecule has 0 unspecified atom stereocenters. The van der Waals surface area contributed by atoms with Crippen LogP contribution in [0.5, 0.6) is 0 Å². The number of nitrogens with zero attached hydrogens (tertiary/aromatic N) is 2. The van der Waals surface area contributed by atoms with Gasteiger partial charge >= 0.3 is 0 Å². The maximum atomic E-state index is 5.85. The summed E-state index contributed by atoms with van der Waals surface area (Å²) < 4.78 is 5.85. The second-order valence-corrected chi connectivity index (χ2v) is 5.85. The molecule has 0 amide bonds. The van der Waals surface area contributed by atoms with E-state index in [2.05, 4.69) is 54.4 Å². The molecule has 112 valence electrons. The van der Waals surface area contributed by atoms with Crippen molar-refractivity contribution in [3.63, 3.8) is 0 Å². The van der Waals surface area contributed by atoms with Crippen LogP contribution in [0.15, 0.2) is 30.3 Å². The molecule has 2 heterocycles. The van der Waals surface area contributed by atoms with Gasteiger partial charge in [0.1, 0.15) is 5.82 Å². The van der Waals surface area contributed by atoms with Crippen molar-refractivity contribution in [1.82, 2.24) is 10.3 Å². The van der Waals surface area contributed by atoms with Gasteiger partial charge in [-0.3, -0.25) is 0 Å². The smallest absolute Gasteiger partial charge is 0.136 e. The predicted octanol–water partition coefficient (Wildman–Crippen LogP) is 2.57. The predicted molar refractivity (Wildman–Crippen MR) is 86.7 cm³/mol. The number of hydrogen-bond donors (Lipinski definition) is 1. The fourth-order valence-electron chi connectivity index (χ4n) is 3.10. The summed E-state index contributed by atoms with van der Waals surface area (Å²) in [7, 11) is 1.95. The summed E-state index contributed by atoms with van der Waals surface area (Å²) in [6.45, 7) is 6.83. The molecule has 2 aromatic rings. The number of anilines is 1. The van der Waals surface area contributed by atoms with Crippen LogP contribution in [0.4, 0.5) is 5.82 Å². The molecule has 3 rings (SSSR count). The number of fused-ring (bicyclic) bond motifs is 1. The summed E-state index contributed by atoms with van der Waals surface area (Å²) in [4.78, 5) is 7.25. The lowest BCUT2D eigenvalue weighted by Crippen LogP contribution is -2.46. The Morgan fingerprint density at radius 3 is 2.67 bits per heavy atom. The number of nitrogens with one attached hydrogen (secondary N) is 1. The van der Waals surface area contributed by atoms with Gasteiger partial charge in [0.15, 0.2) is 0 Å². The van der Waals surface area contributed by atoms with Crippen LogP contribution in [0.2, 0.25) is 0 Å². The third-order valence-electron chi connectivity index (χ3n) is 3.85. The van der Waals surface area contributed by atoms with Gasteiger partial charge in [0.25, 0.3) is 0 Å². The molecule has 1 aliphatic heterocycles. The normalized spacial score (nSPS) is 22.7. The molecule has 0 spiro atoms. The molecule has 0 bridgehead atoms.